The van der Waals surface area contributed by atoms with Gasteiger partial charge in [-0.25, -0.2) is 0 Å². The number of carbonyl (C=O) groups is 2. The van der Waals surface area contributed by atoms with Crippen LogP contribution >= 0.6 is 34.8 Å². The van der Waals surface area contributed by atoms with Crippen LogP contribution in [-0.4, -0.2) is 18.4 Å². The first kappa shape index (κ1) is 17.1. The van der Waals surface area contributed by atoms with Crippen LogP contribution in [0.5, 0.6) is 0 Å². The van der Waals surface area contributed by atoms with Gasteiger partial charge in [-0.1, -0.05) is 40.9 Å². The van der Waals surface area contributed by atoms with E-state index in [-0.39, 0.29) is 18.2 Å². The smallest absolute Gasteiger partial charge is 0.229 e. The van der Waals surface area contributed by atoms with Crippen LogP contribution in [0.4, 0.5) is 11.4 Å². The van der Waals surface area contributed by atoms with Gasteiger partial charge in [-0.2, -0.15) is 0 Å². The fourth-order valence-corrected chi connectivity index (χ4v) is 3.21. The third kappa shape index (κ3) is 3.51. The minimum Gasteiger partial charge on any atom is -0.323 e. The Bertz CT molecular complexity index is 773. The van der Waals surface area contributed by atoms with E-state index in [0.29, 0.717) is 27.3 Å². The van der Waals surface area contributed by atoms with Crippen molar-refractivity contribution in [2.45, 2.75) is 6.42 Å². The summed E-state index contributed by atoms with van der Waals surface area (Å²) in [6.07, 6.45) is 0.135. The molecule has 1 heterocycles. The molecular formula is C17H13Cl3N2O2. The van der Waals surface area contributed by atoms with Crippen molar-refractivity contribution in [3.05, 3.63) is 57.5 Å². The van der Waals surface area contributed by atoms with E-state index < -0.39 is 5.92 Å². The van der Waals surface area contributed by atoms with Crippen LogP contribution in [0.15, 0.2) is 42.5 Å². The summed E-state index contributed by atoms with van der Waals surface area (Å²) in [5.74, 6) is -0.863. The van der Waals surface area contributed by atoms with Crippen LogP contribution in [0.2, 0.25) is 15.1 Å². The fourth-order valence-electron chi connectivity index (χ4n) is 2.60. The average molecular weight is 384 g/mol. The molecule has 4 nitrogen and oxygen atoms in total. The number of hydrogen-bond acceptors (Lipinski definition) is 2. The average Bonchev–Trinajstić information content (AvgIpc) is 2.94. The molecule has 2 aromatic rings. The van der Waals surface area contributed by atoms with Crippen molar-refractivity contribution in [3.8, 4) is 0 Å². The molecule has 7 heteroatoms. The number of nitrogens with zero attached hydrogens (tertiary/aromatic N) is 1. The van der Waals surface area contributed by atoms with Gasteiger partial charge in [-0.3, -0.25) is 9.59 Å². The molecule has 1 atom stereocenters. The fraction of sp³-hybridized carbons (Fsp3) is 0.176. The molecule has 0 aromatic heterocycles. The van der Waals surface area contributed by atoms with E-state index in [9.17, 15) is 9.59 Å². The molecule has 2 amide bonds. The standard InChI is InChI=1S/C17H13Cl3N2O2/c18-11-4-6-12(7-5-11)22-9-10(8-15(22)23)17(24)21-16-13(19)2-1-3-14(16)20/h1-7,10H,8-9H2,(H,21,24). The van der Waals surface area contributed by atoms with E-state index in [1.54, 1.807) is 47.4 Å². The first-order valence-corrected chi connectivity index (χ1v) is 8.40. The lowest BCUT2D eigenvalue weighted by Crippen LogP contribution is -2.28. The van der Waals surface area contributed by atoms with E-state index in [0.717, 1.165) is 5.69 Å². The van der Waals surface area contributed by atoms with Crippen molar-refractivity contribution in [2.24, 2.45) is 5.92 Å². The number of halogens is 3. The minimum absolute atomic E-state index is 0.109. The predicted molar refractivity (Wildman–Crippen MR) is 97.0 cm³/mol. The summed E-state index contributed by atoms with van der Waals surface area (Å²) in [6.45, 7) is 0.300. The Labute approximate surface area is 154 Å². The lowest BCUT2D eigenvalue weighted by molar-refractivity contribution is -0.122. The highest BCUT2D eigenvalue weighted by Crippen LogP contribution is 2.32. The molecule has 1 aliphatic heterocycles. The molecule has 1 unspecified atom stereocenters. The largest absolute Gasteiger partial charge is 0.323 e. The summed E-state index contributed by atoms with van der Waals surface area (Å²) in [7, 11) is 0. The molecule has 1 saturated heterocycles. The number of carbonyl (C=O) groups excluding carboxylic acids is 2. The highest BCUT2D eigenvalue weighted by molar-refractivity contribution is 6.39. The summed E-state index contributed by atoms with van der Waals surface area (Å²) in [4.78, 5) is 26.3. The molecule has 3 rings (SSSR count). The third-order valence-electron chi connectivity index (χ3n) is 3.85. The van der Waals surface area contributed by atoms with Crippen molar-refractivity contribution in [3.63, 3.8) is 0 Å². The SMILES string of the molecule is O=C(Nc1c(Cl)cccc1Cl)C1CC(=O)N(c2ccc(Cl)cc2)C1. The molecule has 0 saturated carbocycles. The number of rotatable bonds is 3. The Balaban J connectivity index is 1.73. The van der Waals surface area contributed by atoms with E-state index in [4.69, 9.17) is 34.8 Å². The molecule has 124 valence electrons. The van der Waals surface area contributed by atoms with Crippen LogP contribution in [-0.2, 0) is 9.59 Å². The van der Waals surface area contributed by atoms with Gasteiger partial charge in [0.2, 0.25) is 11.8 Å². The van der Waals surface area contributed by atoms with Gasteiger partial charge in [0.15, 0.2) is 0 Å². The number of amides is 2. The maximum atomic E-state index is 12.5. The van der Waals surface area contributed by atoms with Gasteiger partial charge < -0.3 is 10.2 Å². The molecule has 0 spiro atoms. The summed E-state index contributed by atoms with van der Waals surface area (Å²) in [5, 5.41) is 4.02. The molecule has 24 heavy (non-hydrogen) atoms. The van der Waals surface area contributed by atoms with E-state index in [1.165, 1.54) is 0 Å². The van der Waals surface area contributed by atoms with Gasteiger partial charge in [-0.05, 0) is 36.4 Å². The third-order valence-corrected chi connectivity index (χ3v) is 4.73. The van der Waals surface area contributed by atoms with Crippen molar-refractivity contribution >= 4 is 58.0 Å². The number of hydrogen-bond donors (Lipinski definition) is 1. The molecule has 0 aliphatic carbocycles. The quantitative estimate of drug-likeness (QED) is 0.839. The van der Waals surface area contributed by atoms with Crippen LogP contribution in [0.3, 0.4) is 0 Å². The second kappa shape index (κ2) is 7.01. The second-order valence-electron chi connectivity index (χ2n) is 5.47. The summed E-state index contributed by atoms with van der Waals surface area (Å²) in [6, 6.07) is 11.9. The van der Waals surface area contributed by atoms with E-state index in [2.05, 4.69) is 5.32 Å². The lowest BCUT2D eigenvalue weighted by Gasteiger charge is -2.17. The van der Waals surface area contributed by atoms with Gasteiger partial charge in [0.05, 0.1) is 21.7 Å². The maximum absolute atomic E-state index is 12.5. The van der Waals surface area contributed by atoms with Gasteiger partial charge in [-0.15, -0.1) is 0 Å². The summed E-state index contributed by atoms with van der Waals surface area (Å²) < 4.78 is 0. The zero-order valence-corrected chi connectivity index (χ0v) is 14.7. The van der Waals surface area contributed by atoms with Gasteiger partial charge in [0.25, 0.3) is 0 Å². The Morgan fingerprint density at radius 1 is 1.04 bits per heavy atom. The molecule has 1 aliphatic rings. The zero-order valence-electron chi connectivity index (χ0n) is 12.4. The summed E-state index contributed by atoms with van der Waals surface area (Å²) >= 11 is 18.0. The van der Waals surface area contributed by atoms with Crippen LogP contribution < -0.4 is 10.2 Å². The van der Waals surface area contributed by atoms with E-state index in [1.807, 2.05) is 0 Å². The topological polar surface area (TPSA) is 49.4 Å². The summed E-state index contributed by atoms with van der Waals surface area (Å²) in [5.41, 5.74) is 1.08. The molecule has 0 bridgehead atoms. The Morgan fingerprint density at radius 3 is 2.29 bits per heavy atom. The van der Waals surface area contributed by atoms with Crippen molar-refractivity contribution in [1.82, 2.24) is 0 Å². The highest BCUT2D eigenvalue weighted by atomic mass is 35.5. The molecule has 1 N–H and O–H groups in total. The van der Waals surface area contributed by atoms with Crippen molar-refractivity contribution < 1.29 is 9.59 Å². The lowest BCUT2D eigenvalue weighted by atomic mass is 10.1. The maximum Gasteiger partial charge on any atom is 0.229 e. The minimum atomic E-state index is -0.472. The molecule has 2 aromatic carbocycles. The first-order valence-electron chi connectivity index (χ1n) is 7.26. The second-order valence-corrected chi connectivity index (χ2v) is 6.72. The molecular weight excluding hydrogens is 371 g/mol. The molecule has 0 radical (unpaired) electrons. The first-order chi connectivity index (χ1) is 11.5. The van der Waals surface area contributed by atoms with Crippen LogP contribution in [0, 0.1) is 5.92 Å². The Hall–Kier alpha value is -1.75. The van der Waals surface area contributed by atoms with Crippen LogP contribution in [0.25, 0.3) is 0 Å². The van der Waals surface area contributed by atoms with Gasteiger partial charge >= 0.3 is 0 Å². The van der Waals surface area contributed by atoms with E-state index >= 15 is 0 Å². The Morgan fingerprint density at radius 2 is 1.67 bits per heavy atom. The Kier molecular flexibility index (Phi) is 4.99. The number of para-hydroxylation sites is 1. The normalized spacial score (nSPS) is 17.2. The number of nitrogens with one attached hydrogen (secondary N) is 1. The van der Waals surface area contributed by atoms with Gasteiger partial charge in [0.1, 0.15) is 0 Å². The molecule has 1 fully saturated rings. The highest BCUT2D eigenvalue weighted by Gasteiger charge is 2.35. The van der Waals surface area contributed by atoms with Crippen LogP contribution in [0.1, 0.15) is 6.42 Å². The number of anilines is 2. The monoisotopic (exact) mass is 382 g/mol. The van der Waals surface area contributed by atoms with Crippen molar-refractivity contribution in [2.75, 3.05) is 16.8 Å². The van der Waals surface area contributed by atoms with Gasteiger partial charge in [0, 0.05) is 23.7 Å². The number of benzene rings is 2. The predicted octanol–water partition coefficient (Wildman–Crippen LogP) is 4.64. The zero-order chi connectivity index (χ0) is 17.3. The van der Waals surface area contributed by atoms with Crippen molar-refractivity contribution in [1.29, 1.82) is 0 Å².